The first-order valence-corrected chi connectivity index (χ1v) is 26.5. The van der Waals surface area contributed by atoms with E-state index in [1.54, 1.807) is 43.2 Å². The molecular formula is C41H81N5O6S4. The van der Waals surface area contributed by atoms with Gasteiger partial charge in [-0.3, -0.25) is 19.2 Å². The summed E-state index contributed by atoms with van der Waals surface area (Å²) in [7, 11) is 8.91. The summed E-state index contributed by atoms with van der Waals surface area (Å²) in [5, 5.41) is 25.5. The van der Waals surface area contributed by atoms with Gasteiger partial charge in [-0.2, -0.15) is 0 Å². The van der Waals surface area contributed by atoms with Crippen molar-refractivity contribution >= 4 is 66.8 Å². The van der Waals surface area contributed by atoms with Crippen molar-refractivity contribution in [2.75, 3.05) is 82.5 Å². The monoisotopic (exact) mass is 868 g/mol. The lowest BCUT2D eigenvalue weighted by atomic mass is 10.0. The summed E-state index contributed by atoms with van der Waals surface area (Å²) in [6, 6.07) is -1.36. The molecule has 2 atom stereocenters. The second kappa shape index (κ2) is 37.2. The molecule has 15 heteroatoms. The van der Waals surface area contributed by atoms with Crippen LogP contribution in [0.5, 0.6) is 0 Å². The van der Waals surface area contributed by atoms with Crippen LogP contribution in [0.1, 0.15) is 131 Å². The van der Waals surface area contributed by atoms with Crippen molar-refractivity contribution < 1.29 is 29.4 Å². The summed E-state index contributed by atoms with van der Waals surface area (Å²) in [5.41, 5.74) is 0. The smallest absolute Gasteiger partial charge is 0.243 e. The topological polar surface area (TPSA) is 143 Å². The highest BCUT2D eigenvalue weighted by Crippen LogP contribution is 2.26. The normalized spacial score (nSPS) is 12.6. The Labute approximate surface area is 357 Å². The third-order valence-electron chi connectivity index (χ3n) is 9.51. The zero-order valence-corrected chi connectivity index (χ0v) is 39.5. The van der Waals surface area contributed by atoms with Crippen molar-refractivity contribution in [1.29, 1.82) is 0 Å². The Bertz CT molecular complexity index is 940. The van der Waals surface area contributed by atoms with Crippen molar-refractivity contribution in [3.8, 4) is 0 Å². The van der Waals surface area contributed by atoms with Gasteiger partial charge in [0, 0.05) is 75.1 Å². The summed E-state index contributed by atoms with van der Waals surface area (Å²) in [6.45, 7) is 13.7. The molecule has 0 aromatic carbocycles. The lowest BCUT2D eigenvalue weighted by molar-refractivity contribution is -0.142. The zero-order chi connectivity index (χ0) is 42.0. The van der Waals surface area contributed by atoms with E-state index in [0.717, 1.165) is 11.5 Å². The standard InChI is InChI=1S/C41H81N5O6S4/c1-8-10-12-14-16-18-30-53-55-32-20-36(49)45(26-28-47)38(34(3)4)40(51)42-22-24-44(7)25-23-43-41(52)39(35(5)6)46(27-29-48)37(50)21-33-56-54-31-19-17-15-13-11-9-2/h34-35,38-39,47-48H,8-33H2,1-7H3,(H,42,51)(H,43,52). The maximum absolute atomic E-state index is 13.4. The summed E-state index contributed by atoms with van der Waals surface area (Å²) in [5.74, 6) is 2.50. The Morgan fingerprint density at radius 3 is 1.20 bits per heavy atom. The number of carbonyl (C=O) groups is 4. The molecule has 0 saturated carbocycles. The molecule has 0 bridgehead atoms. The van der Waals surface area contributed by atoms with Gasteiger partial charge in [0.25, 0.3) is 0 Å². The number of aliphatic hydroxyl groups is 2. The average Bonchev–Trinajstić information content (AvgIpc) is 3.15. The Hall–Kier alpha value is -0.840. The molecule has 0 radical (unpaired) electrons. The highest BCUT2D eigenvalue weighted by molar-refractivity contribution is 8.77. The van der Waals surface area contributed by atoms with E-state index in [9.17, 15) is 29.4 Å². The quantitative estimate of drug-likeness (QED) is 0.0373. The van der Waals surface area contributed by atoms with E-state index >= 15 is 0 Å². The van der Waals surface area contributed by atoms with Crippen LogP contribution in [-0.2, 0) is 19.2 Å². The second-order valence-corrected chi connectivity index (χ2v) is 20.6. The molecule has 11 nitrogen and oxygen atoms in total. The molecule has 0 rings (SSSR count). The summed E-state index contributed by atoms with van der Waals surface area (Å²) in [4.78, 5) is 58.3. The molecule has 56 heavy (non-hydrogen) atoms. The fourth-order valence-corrected chi connectivity index (χ4v) is 10.6. The first-order valence-electron chi connectivity index (χ1n) is 21.5. The lowest BCUT2D eigenvalue weighted by Crippen LogP contribution is -2.54. The number of nitrogens with one attached hydrogen (secondary N) is 2. The highest BCUT2D eigenvalue weighted by atomic mass is 33.1. The second-order valence-electron chi connectivity index (χ2n) is 15.2. The molecular weight excluding hydrogens is 787 g/mol. The van der Waals surface area contributed by atoms with Gasteiger partial charge in [-0.05, 0) is 31.7 Å². The molecule has 0 heterocycles. The summed E-state index contributed by atoms with van der Waals surface area (Å²) in [6.07, 6.45) is 15.8. The predicted molar refractivity (Wildman–Crippen MR) is 244 cm³/mol. The molecule has 0 fully saturated rings. The molecule has 4 amide bonds. The van der Waals surface area contributed by atoms with Crippen LogP contribution >= 0.6 is 43.2 Å². The van der Waals surface area contributed by atoms with Crippen LogP contribution in [0.3, 0.4) is 0 Å². The zero-order valence-electron chi connectivity index (χ0n) is 36.2. The number of likely N-dealkylation sites (N-methyl/N-ethyl adjacent to an activating group) is 1. The molecule has 0 aliphatic rings. The van der Waals surface area contributed by atoms with E-state index in [0.29, 0.717) is 50.5 Å². The number of amides is 4. The van der Waals surface area contributed by atoms with E-state index < -0.39 is 12.1 Å². The van der Waals surface area contributed by atoms with Crippen molar-refractivity contribution in [2.45, 2.75) is 144 Å². The fourth-order valence-electron chi connectivity index (χ4n) is 6.39. The van der Waals surface area contributed by atoms with Crippen molar-refractivity contribution in [2.24, 2.45) is 11.8 Å². The minimum atomic E-state index is -0.681. The Morgan fingerprint density at radius 2 is 0.857 bits per heavy atom. The molecule has 0 aliphatic carbocycles. The van der Waals surface area contributed by atoms with Gasteiger partial charge in [0.2, 0.25) is 23.6 Å². The number of nitrogens with zero attached hydrogens (tertiary/aromatic N) is 3. The predicted octanol–water partition coefficient (Wildman–Crippen LogP) is 7.11. The maximum atomic E-state index is 13.4. The molecule has 0 aliphatic heterocycles. The van der Waals surface area contributed by atoms with Crippen LogP contribution in [0.25, 0.3) is 0 Å². The number of hydrogen-bond donors (Lipinski definition) is 4. The van der Waals surface area contributed by atoms with Gasteiger partial charge in [-0.15, -0.1) is 0 Å². The van der Waals surface area contributed by atoms with Gasteiger partial charge in [0.05, 0.1) is 13.2 Å². The van der Waals surface area contributed by atoms with Crippen LogP contribution in [-0.4, -0.2) is 143 Å². The Kier molecular flexibility index (Phi) is 36.6. The third-order valence-corrected chi connectivity index (χ3v) is 14.5. The Balaban J connectivity index is 4.79. The molecule has 4 N–H and O–H groups in total. The van der Waals surface area contributed by atoms with Crippen LogP contribution < -0.4 is 10.6 Å². The number of rotatable bonds is 38. The fraction of sp³-hybridized carbons (Fsp3) is 0.902. The maximum Gasteiger partial charge on any atom is 0.243 e. The SMILES string of the molecule is CCCCCCCCSSCCC(=O)N(CCO)C(C(=O)NCCN(C)CCNC(=O)C(C(C)C)N(CCO)C(=O)CCSSCCCCCCCC)C(C)C. The van der Waals surface area contributed by atoms with E-state index in [2.05, 4.69) is 24.5 Å². The average molecular weight is 868 g/mol. The highest BCUT2D eigenvalue weighted by Gasteiger charge is 2.33. The van der Waals surface area contributed by atoms with Gasteiger partial charge < -0.3 is 35.5 Å². The molecule has 2 unspecified atom stereocenters. The summed E-state index contributed by atoms with van der Waals surface area (Å²) < 4.78 is 0. The first-order chi connectivity index (χ1) is 27.0. The molecule has 330 valence electrons. The number of aliphatic hydroxyl groups excluding tert-OH is 2. The van der Waals surface area contributed by atoms with Crippen molar-refractivity contribution in [3.63, 3.8) is 0 Å². The van der Waals surface area contributed by atoms with E-state index in [1.807, 2.05) is 39.6 Å². The molecule has 0 saturated heterocycles. The number of carbonyl (C=O) groups excluding carboxylic acids is 4. The lowest BCUT2D eigenvalue weighted by Gasteiger charge is -2.33. The van der Waals surface area contributed by atoms with E-state index in [4.69, 9.17) is 0 Å². The van der Waals surface area contributed by atoms with Gasteiger partial charge in [-0.1, -0.05) is 149 Å². The van der Waals surface area contributed by atoms with Gasteiger partial charge >= 0.3 is 0 Å². The first kappa shape index (κ1) is 55.2. The molecule has 0 aromatic rings. The van der Waals surface area contributed by atoms with Gasteiger partial charge in [0.15, 0.2) is 0 Å². The van der Waals surface area contributed by atoms with Gasteiger partial charge in [0.1, 0.15) is 12.1 Å². The van der Waals surface area contributed by atoms with Crippen LogP contribution in [0.15, 0.2) is 0 Å². The minimum Gasteiger partial charge on any atom is -0.395 e. The van der Waals surface area contributed by atoms with Crippen molar-refractivity contribution in [1.82, 2.24) is 25.3 Å². The van der Waals surface area contributed by atoms with E-state index in [-0.39, 0.29) is 61.8 Å². The van der Waals surface area contributed by atoms with Crippen LogP contribution in [0.4, 0.5) is 0 Å². The number of hydrogen-bond acceptors (Lipinski definition) is 11. The summed E-state index contributed by atoms with van der Waals surface area (Å²) >= 11 is 0. The molecule has 0 aromatic heterocycles. The van der Waals surface area contributed by atoms with Crippen molar-refractivity contribution in [3.05, 3.63) is 0 Å². The number of unbranched alkanes of at least 4 members (excludes halogenated alkanes) is 10. The Morgan fingerprint density at radius 1 is 0.518 bits per heavy atom. The van der Waals surface area contributed by atoms with Crippen LogP contribution in [0.2, 0.25) is 0 Å². The van der Waals surface area contributed by atoms with Gasteiger partial charge in [-0.25, -0.2) is 0 Å². The largest absolute Gasteiger partial charge is 0.395 e. The minimum absolute atomic E-state index is 0.111. The third kappa shape index (κ3) is 27.0. The van der Waals surface area contributed by atoms with Crippen LogP contribution in [0, 0.1) is 11.8 Å². The van der Waals surface area contributed by atoms with E-state index in [1.165, 1.54) is 86.8 Å². The molecule has 0 spiro atoms.